The third-order valence-electron chi connectivity index (χ3n) is 4.97. The average molecular weight is 423 g/mol. The number of aryl methyl sites for hydroxylation is 1. The highest BCUT2D eigenvalue weighted by atomic mass is 35.5. The van der Waals surface area contributed by atoms with Crippen LogP contribution in [-0.4, -0.2) is 59.0 Å². The molecule has 0 bridgehead atoms. The zero-order valence-electron chi connectivity index (χ0n) is 17.1. The molecule has 29 heavy (non-hydrogen) atoms. The Labute approximate surface area is 176 Å². The van der Waals surface area contributed by atoms with Crippen LogP contribution in [0.2, 0.25) is 5.15 Å². The first kappa shape index (κ1) is 21.7. The molecule has 0 aliphatic carbocycles. The van der Waals surface area contributed by atoms with E-state index < -0.39 is 0 Å². The second-order valence-corrected chi connectivity index (χ2v) is 8.02. The number of aromatic nitrogens is 2. The number of amides is 1. The molecule has 6 nitrogen and oxygen atoms in total. The topological polar surface area (TPSA) is 59.4 Å². The van der Waals surface area contributed by atoms with Gasteiger partial charge in [0.05, 0.1) is 30.0 Å². The van der Waals surface area contributed by atoms with Crippen LogP contribution < -0.4 is 5.32 Å². The number of ether oxygens (including phenoxy) is 1. The summed E-state index contributed by atoms with van der Waals surface area (Å²) in [6.07, 6.45) is 1.33. The van der Waals surface area contributed by atoms with Crippen molar-refractivity contribution in [2.45, 2.75) is 45.9 Å². The first-order valence-corrected chi connectivity index (χ1v) is 10.3. The number of nitrogens with zero attached hydrogens (tertiary/aromatic N) is 3. The van der Waals surface area contributed by atoms with Gasteiger partial charge in [-0.2, -0.15) is 5.10 Å². The molecule has 2 heterocycles. The van der Waals surface area contributed by atoms with Gasteiger partial charge in [-0.15, -0.1) is 0 Å². The smallest absolute Gasteiger partial charge is 0.256 e. The van der Waals surface area contributed by atoms with Crippen LogP contribution in [0.4, 0.5) is 4.39 Å². The third kappa shape index (κ3) is 5.78. The summed E-state index contributed by atoms with van der Waals surface area (Å²) in [7, 11) is 0. The molecule has 0 spiro atoms. The lowest BCUT2D eigenvalue weighted by atomic mass is 10.2. The predicted molar refractivity (Wildman–Crippen MR) is 111 cm³/mol. The minimum absolute atomic E-state index is 0.221. The number of halogens is 2. The molecule has 8 heteroatoms. The van der Waals surface area contributed by atoms with E-state index in [1.54, 1.807) is 23.7 Å². The zero-order chi connectivity index (χ0) is 21.0. The molecule has 158 valence electrons. The minimum atomic E-state index is -0.294. The van der Waals surface area contributed by atoms with Crippen LogP contribution in [-0.2, 0) is 11.3 Å². The van der Waals surface area contributed by atoms with Crippen LogP contribution in [0.5, 0.6) is 0 Å². The Bertz CT molecular complexity index is 830. The Morgan fingerprint density at radius 2 is 1.93 bits per heavy atom. The molecule has 1 aromatic heterocycles. The summed E-state index contributed by atoms with van der Waals surface area (Å²) in [6.45, 7) is 9.61. The summed E-state index contributed by atoms with van der Waals surface area (Å²) >= 11 is 6.42. The van der Waals surface area contributed by atoms with E-state index in [1.165, 1.54) is 12.1 Å². The number of carbonyl (C=O) groups is 1. The minimum Gasteiger partial charge on any atom is -0.373 e. The van der Waals surface area contributed by atoms with Gasteiger partial charge >= 0.3 is 0 Å². The first-order chi connectivity index (χ1) is 13.8. The fraction of sp³-hybridized carbons (Fsp3) is 0.524. The van der Waals surface area contributed by atoms with Crippen molar-refractivity contribution in [3.05, 3.63) is 52.1 Å². The van der Waals surface area contributed by atoms with Gasteiger partial charge in [0.2, 0.25) is 0 Å². The number of rotatable bonds is 7. The number of nitrogens with one attached hydrogen (secondary N) is 1. The molecule has 1 aliphatic heterocycles. The van der Waals surface area contributed by atoms with Crippen LogP contribution in [0.25, 0.3) is 0 Å². The normalized spacial score (nSPS) is 20.0. The molecule has 1 aliphatic rings. The molecule has 1 aromatic carbocycles. The second kappa shape index (κ2) is 9.69. The van der Waals surface area contributed by atoms with E-state index in [1.807, 2.05) is 0 Å². The van der Waals surface area contributed by atoms with Gasteiger partial charge < -0.3 is 10.1 Å². The number of hydrogen-bond acceptors (Lipinski definition) is 4. The monoisotopic (exact) mass is 422 g/mol. The molecule has 0 saturated carbocycles. The fourth-order valence-corrected chi connectivity index (χ4v) is 4.06. The molecule has 1 N–H and O–H groups in total. The van der Waals surface area contributed by atoms with Gasteiger partial charge in [0.1, 0.15) is 11.0 Å². The maximum absolute atomic E-state index is 13.1. The summed E-state index contributed by atoms with van der Waals surface area (Å²) in [6, 6.07) is 6.14. The van der Waals surface area contributed by atoms with Gasteiger partial charge in [0.15, 0.2) is 0 Å². The van der Waals surface area contributed by atoms with Gasteiger partial charge in [0, 0.05) is 26.2 Å². The Balaban J connectivity index is 1.52. The van der Waals surface area contributed by atoms with E-state index in [2.05, 4.69) is 29.2 Å². The lowest BCUT2D eigenvalue weighted by Crippen LogP contribution is -2.46. The zero-order valence-corrected chi connectivity index (χ0v) is 17.9. The molecular formula is C21H28ClFN4O2. The van der Waals surface area contributed by atoms with Gasteiger partial charge in [0.25, 0.3) is 5.91 Å². The van der Waals surface area contributed by atoms with Crippen molar-refractivity contribution in [3.63, 3.8) is 0 Å². The highest BCUT2D eigenvalue weighted by Gasteiger charge is 2.22. The predicted octanol–water partition coefficient (Wildman–Crippen LogP) is 3.26. The van der Waals surface area contributed by atoms with Crippen molar-refractivity contribution in [1.82, 2.24) is 20.0 Å². The summed E-state index contributed by atoms with van der Waals surface area (Å²) in [5.41, 5.74) is 1.82. The molecule has 2 unspecified atom stereocenters. The maximum atomic E-state index is 13.1. The van der Waals surface area contributed by atoms with E-state index >= 15 is 0 Å². The first-order valence-electron chi connectivity index (χ1n) is 9.97. The van der Waals surface area contributed by atoms with E-state index in [-0.39, 0.29) is 23.9 Å². The lowest BCUT2D eigenvalue weighted by molar-refractivity contribution is -0.0680. The number of carbonyl (C=O) groups excluding carboxylic acids is 1. The quantitative estimate of drug-likeness (QED) is 0.696. The Hall–Kier alpha value is -1.96. The van der Waals surface area contributed by atoms with Gasteiger partial charge in [-0.05, 0) is 44.9 Å². The van der Waals surface area contributed by atoms with E-state index in [4.69, 9.17) is 16.3 Å². The van der Waals surface area contributed by atoms with Crippen LogP contribution in [0.3, 0.4) is 0 Å². The molecular weight excluding hydrogens is 395 g/mol. The van der Waals surface area contributed by atoms with E-state index in [0.717, 1.165) is 31.6 Å². The van der Waals surface area contributed by atoms with Crippen LogP contribution in [0.15, 0.2) is 24.3 Å². The second-order valence-electron chi connectivity index (χ2n) is 7.66. The maximum Gasteiger partial charge on any atom is 0.256 e. The van der Waals surface area contributed by atoms with Crippen molar-refractivity contribution in [2.75, 3.05) is 26.2 Å². The van der Waals surface area contributed by atoms with E-state index in [0.29, 0.717) is 29.5 Å². The summed E-state index contributed by atoms with van der Waals surface area (Å²) in [5, 5.41) is 7.61. The Morgan fingerprint density at radius 1 is 1.28 bits per heavy atom. The van der Waals surface area contributed by atoms with Crippen molar-refractivity contribution < 1.29 is 13.9 Å². The lowest BCUT2D eigenvalue weighted by Gasteiger charge is -2.35. The van der Waals surface area contributed by atoms with Crippen molar-refractivity contribution in [1.29, 1.82) is 0 Å². The third-order valence-corrected chi connectivity index (χ3v) is 5.35. The molecule has 1 saturated heterocycles. The molecule has 0 radical (unpaired) electrons. The molecule has 2 atom stereocenters. The molecule has 1 fully saturated rings. The molecule has 3 rings (SSSR count). The molecule has 1 amide bonds. The Morgan fingerprint density at radius 3 is 2.59 bits per heavy atom. The largest absolute Gasteiger partial charge is 0.373 e. The SMILES string of the molecule is Cc1nn(Cc2ccc(F)cc2)c(Cl)c1C(=O)NCCCN1CC(C)OC(C)C1. The van der Waals surface area contributed by atoms with Crippen LogP contribution >= 0.6 is 11.6 Å². The van der Waals surface area contributed by atoms with Crippen molar-refractivity contribution in [3.8, 4) is 0 Å². The standard InChI is InChI=1S/C21H28ClFN4O2/c1-14-11-26(12-15(2)29-14)10-4-9-24-21(28)19-16(3)25-27(20(19)22)13-17-5-7-18(23)8-6-17/h5-8,14-15H,4,9-13H2,1-3H3,(H,24,28). The number of benzene rings is 1. The van der Waals surface area contributed by atoms with Crippen LogP contribution in [0, 0.1) is 12.7 Å². The van der Waals surface area contributed by atoms with Crippen LogP contribution in [0.1, 0.15) is 41.9 Å². The molecule has 2 aromatic rings. The number of morpholine rings is 1. The van der Waals surface area contributed by atoms with Gasteiger partial charge in [-0.1, -0.05) is 23.7 Å². The fourth-order valence-electron chi connectivity index (χ4n) is 3.74. The highest BCUT2D eigenvalue weighted by molar-refractivity contribution is 6.33. The highest BCUT2D eigenvalue weighted by Crippen LogP contribution is 2.21. The average Bonchev–Trinajstić information content (AvgIpc) is 2.93. The van der Waals surface area contributed by atoms with Gasteiger partial charge in [-0.3, -0.25) is 9.69 Å². The van der Waals surface area contributed by atoms with Crippen molar-refractivity contribution >= 4 is 17.5 Å². The Kier molecular flexibility index (Phi) is 7.27. The summed E-state index contributed by atoms with van der Waals surface area (Å²) < 4.78 is 20.4. The summed E-state index contributed by atoms with van der Waals surface area (Å²) in [5.74, 6) is -0.515. The van der Waals surface area contributed by atoms with E-state index in [9.17, 15) is 9.18 Å². The van der Waals surface area contributed by atoms with Gasteiger partial charge in [-0.25, -0.2) is 9.07 Å². The summed E-state index contributed by atoms with van der Waals surface area (Å²) in [4.78, 5) is 15.0. The number of hydrogen-bond donors (Lipinski definition) is 1. The van der Waals surface area contributed by atoms with Crippen molar-refractivity contribution in [2.24, 2.45) is 0 Å².